The first-order chi connectivity index (χ1) is 5.37. The maximum absolute atomic E-state index is 9.65. The Balaban J connectivity index is 2.24. The predicted molar refractivity (Wildman–Crippen MR) is 51.9 cm³/mol. The molecule has 2 atom stereocenters. The molecule has 1 aliphatic rings. The van der Waals surface area contributed by atoms with Gasteiger partial charge < -0.3 is 5.11 Å². The first kappa shape index (κ1) is 9.79. The largest absolute Gasteiger partial charge is 0.386 e. The van der Waals surface area contributed by atoms with Crippen LogP contribution >= 0.6 is 0 Å². The molecule has 1 fully saturated rings. The molecule has 0 spiro atoms. The first-order valence-corrected chi connectivity index (χ1v) is 4.73. The molecule has 0 heterocycles. The van der Waals surface area contributed by atoms with Gasteiger partial charge in [-0.1, -0.05) is 19.9 Å². The van der Waals surface area contributed by atoms with Gasteiger partial charge in [-0.2, -0.15) is 0 Å². The highest BCUT2D eigenvalue weighted by atomic mass is 16.3. The Kier molecular flexibility index (Phi) is 2.35. The predicted octanol–water partition coefficient (Wildman–Crippen LogP) is 2.75. The summed E-state index contributed by atoms with van der Waals surface area (Å²) in [5, 5.41) is 9.65. The third-order valence-electron chi connectivity index (χ3n) is 3.16. The normalized spacial score (nSPS) is 30.8. The first-order valence-electron chi connectivity index (χ1n) is 4.73. The van der Waals surface area contributed by atoms with Crippen molar-refractivity contribution in [3.8, 4) is 0 Å². The van der Waals surface area contributed by atoms with Gasteiger partial charge in [0.2, 0.25) is 0 Å². The molecule has 0 aromatic carbocycles. The third kappa shape index (κ3) is 2.34. The third-order valence-corrected chi connectivity index (χ3v) is 3.16. The summed E-state index contributed by atoms with van der Waals surface area (Å²) in [6.45, 7) is 10.0. The van der Waals surface area contributed by atoms with E-state index < -0.39 is 5.60 Å². The van der Waals surface area contributed by atoms with Crippen LogP contribution in [0.2, 0.25) is 0 Å². The molecule has 1 nitrogen and oxygen atoms in total. The molecule has 1 N–H and O–H groups in total. The lowest BCUT2D eigenvalue weighted by molar-refractivity contribution is 0.0967. The van der Waals surface area contributed by atoms with E-state index >= 15 is 0 Å². The van der Waals surface area contributed by atoms with E-state index in [0.717, 1.165) is 18.8 Å². The van der Waals surface area contributed by atoms with Gasteiger partial charge in [0, 0.05) is 0 Å². The second-order valence-corrected chi connectivity index (χ2v) is 4.99. The molecule has 1 aliphatic carbocycles. The molecule has 0 amide bonds. The summed E-state index contributed by atoms with van der Waals surface area (Å²) in [6.07, 6.45) is 4.94. The van der Waals surface area contributed by atoms with Crippen LogP contribution in [0.3, 0.4) is 0 Å². The van der Waals surface area contributed by atoms with Gasteiger partial charge >= 0.3 is 0 Å². The maximum atomic E-state index is 9.65. The second kappa shape index (κ2) is 2.88. The lowest BCUT2D eigenvalue weighted by Gasteiger charge is -2.18. The van der Waals surface area contributed by atoms with E-state index in [9.17, 15) is 5.11 Å². The molecule has 0 aromatic heterocycles. The Labute approximate surface area is 75.5 Å². The van der Waals surface area contributed by atoms with Crippen molar-refractivity contribution in [2.45, 2.75) is 45.6 Å². The van der Waals surface area contributed by atoms with Gasteiger partial charge in [0.1, 0.15) is 0 Å². The minimum absolute atomic E-state index is 0.539. The van der Waals surface area contributed by atoms with Crippen molar-refractivity contribution >= 4 is 0 Å². The van der Waals surface area contributed by atoms with Crippen molar-refractivity contribution in [3.63, 3.8) is 0 Å². The van der Waals surface area contributed by atoms with Crippen molar-refractivity contribution in [1.82, 2.24) is 0 Å². The zero-order valence-electron chi connectivity index (χ0n) is 8.43. The van der Waals surface area contributed by atoms with Gasteiger partial charge in [0.15, 0.2) is 0 Å². The zero-order chi connectivity index (χ0) is 9.41. The zero-order valence-corrected chi connectivity index (χ0v) is 8.43. The average molecular weight is 168 g/mol. The number of aliphatic hydroxyl groups is 1. The highest BCUT2D eigenvalue weighted by Gasteiger charge is 2.45. The highest BCUT2D eigenvalue weighted by molar-refractivity contribution is 4.98. The smallest absolute Gasteiger partial charge is 0.0797 e. The molecule has 0 bridgehead atoms. The van der Waals surface area contributed by atoms with Crippen LogP contribution in [-0.2, 0) is 0 Å². The van der Waals surface area contributed by atoms with Crippen molar-refractivity contribution in [2.24, 2.45) is 11.3 Å². The fourth-order valence-corrected chi connectivity index (χ4v) is 1.64. The van der Waals surface area contributed by atoms with Crippen molar-refractivity contribution in [2.75, 3.05) is 0 Å². The van der Waals surface area contributed by atoms with Crippen LogP contribution in [0.25, 0.3) is 0 Å². The molecule has 1 heteroatoms. The molecule has 0 radical (unpaired) electrons. The Bertz CT molecular complexity index is 179. The van der Waals surface area contributed by atoms with E-state index in [2.05, 4.69) is 20.4 Å². The molecule has 1 unspecified atom stereocenters. The quantitative estimate of drug-likeness (QED) is 0.640. The molecular weight excluding hydrogens is 148 g/mol. The van der Waals surface area contributed by atoms with Crippen LogP contribution in [0.1, 0.15) is 40.0 Å². The van der Waals surface area contributed by atoms with Gasteiger partial charge in [-0.15, -0.1) is 6.58 Å². The Hall–Kier alpha value is -0.300. The summed E-state index contributed by atoms with van der Waals surface area (Å²) in [5.74, 6) is 0.823. The summed E-state index contributed by atoms with van der Waals surface area (Å²) in [4.78, 5) is 0. The molecule has 70 valence electrons. The number of hydrogen-bond donors (Lipinski definition) is 1. The molecular formula is C11H20O. The van der Waals surface area contributed by atoms with E-state index in [-0.39, 0.29) is 0 Å². The Morgan fingerprint density at radius 1 is 1.67 bits per heavy atom. The van der Waals surface area contributed by atoms with E-state index in [1.807, 2.05) is 6.92 Å². The van der Waals surface area contributed by atoms with Crippen LogP contribution in [0.5, 0.6) is 0 Å². The van der Waals surface area contributed by atoms with Crippen molar-refractivity contribution in [1.29, 1.82) is 0 Å². The van der Waals surface area contributed by atoms with Crippen LogP contribution < -0.4 is 0 Å². The van der Waals surface area contributed by atoms with Crippen molar-refractivity contribution < 1.29 is 5.11 Å². The Morgan fingerprint density at radius 3 is 2.50 bits per heavy atom. The Morgan fingerprint density at radius 2 is 2.17 bits per heavy atom. The molecule has 1 rings (SSSR count). The minimum atomic E-state index is -0.654. The van der Waals surface area contributed by atoms with Gasteiger partial charge in [-0.05, 0) is 37.5 Å². The standard InChI is InChI=1S/C11H20O/c1-5-11(4,12)7-6-9-8-10(9,2)3/h5,9,12H,1,6-8H2,2-4H3/t9-,11?/m1/s1. The average Bonchev–Trinajstić information content (AvgIpc) is 2.56. The van der Waals surface area contributed by atoms with Crippen LogP contribution in [0.15, 0.2) is 12.7 Å². The van der Waals surface area contributed by atoms with Gasteiger partial charge in [-0.3, -0.25) is 0 Å². The second-order valence-electron chi connectivity index (χ2n) is 4.99. The van der Waals surface area contributed by atoms with Gasteiger partial charge in [0.05, 0.1) is 5.60 Å². The lowest BCUT2D eigenvalue weighted by atomic mass is 9.96. The SMILES string of the molecule is C=CC(C)(O)CC[C@@H]1CC1(C)C. The summed E-state index contributed by atoms with van der Waals surface area (Å²) in [6, 6.07) is 0. The van der Waals surface area contributed by atoms with E-state index in [4.69, 9.17) is 0 Å². The molecule has 0 aromatic rings. The molecule has 0 saturated heterocycles. The van der Waals surface area contributed by atoms with E-state index in [1.165, 1.54) is 6.42 Å². The highest BCUT2D eigenvalue weighted by Crippen LogP contribution is 2.54. The van der Waals surface area contributed by atoms with Gasteiger partial charge in [-0.25, -0.2) is 0 Å². The van der Waals surface area contributed by atoms with E-state index in [0.29, 0.717) is 5.41 Å². The lowest BCUT2D eigenvalue weighted by Crippen LogP contribution is -2.20. The molecule has 0 aliphatic heterocycles. The molecule has 12 heavy (non-hydrogen) atoms. The number of hydrogen-bond acceptors (Lipinski definition) is 1. The molecule has 1 saturated carbocycles. The summed E-state index contributed by atoms with van der Waals surface area (Å²) < 4.78 is 0. The summed E-state index contributed by atoms with van der Waals surface area (Å²) in [7, 11) is 0. The fourth-order valence-electron chi connectivity index (χ4n) is 1.64. The maximum Gasteiger partial charge on any atom is 0.0797 e. The van der Waals surface area contributed by atoms with Crippen LogP contribution in [0, 0.1) is 11.3 Å². The fraction of sp³-hybridized carbons (Fsp3) is 0.818. The van der Waals surface area contributed by atoms with Crippen LogP contribution in [-0.4, -0.2) is 10.7 Å². The number of rotatable bonds is 4. The monoisotopic (exact) mass is 168 g/mol. The van der Waals surface area contributed by atoms with Crippen molar-refractivity contribution in [3.05, 3.63) is 12.7 Å². The minimum Gasteiger partial charge on any atom is -0.386 e. The van der Waals surface area contributed by atoms with Gasteiger partial charge in [0.25, 0.3) is 0 Å². The summed E-state index contributed by atoms with van der Waals surface area (Å²) >= 11 is 0. The topological polar surface area (TPSA) is 20.2 Å². The van der Waals surface area contributed by atoms with E-state index in [1.54, 1.807) is 6.08 Å². The van der Waals surface area contributed by atoms with Crippen LogP contribution in [0.4, 0.5) is 0 Å². The summed E-state index contributed by atoms with van der Waals surface area (Å²) in [5.41, 5.74) is -0.115.